The van der Waals surface area contributed by atoms with Crippen molar-refractivity contribution in [2.75, 3.05) is 0 Å². The van der Waals surface area contributed by atoms with E-state index in [0.29, 0.717) is 17.9 Å². The number of rotatable bonds is 5. The van der Waals surface area contributed by atoms with Crippen LogP contribution in [0.3, 0.4) is 0 Å². The highest BCUT2D eigenvalue weighted by molar-refractivity contribution is 6.30. The number of aryl methyl sites for hydroxylation is 1. The molecule has 0 saturated heterocycles. The number of ether oxygens (including phenoxy) is 1. The van der Waals surface area contributed by atoms with Gasteiger partial charge in [-0.1, -0.05) is 23.7 Å². The summed E-state index contributed by atoms with van der Waals surface area (Å²) in [5.74, 6) is 0. The molecule has 4 nitrogen and oxygen atoms in total. The van der Waals surface area contributed by atoms with E-state index in [2.05, 4.69) is 5.32 Å². The van der Waals surface area contributed by atoms with Crippen LogP contribution in [0, 0.1) is 0 Å². The van der Waals surface area contributed by atoms with E-state index >= 15 is 0 Å². The molecule has 110 valence electrons. The van der Waals surface area contributed by atoms with Gasteiger partial charge in [-0.15, -0.1) is 0 Å². The van der Waals surface area contributed by atoms with Crippen LogP contribution in [0.1, 0.15) is 32.8 Å². The number of hydrogen-bond donors (Lipinski definition) is 1. The molecule has 0 heterocycles. The Morgan fingerprint density at radius 2 is 1.95 bits per heavy atom. The summed E-state index contributed by atoms with van der Waals surface area (Å²) in [5, 5.41) is 3.22. The van der Waals surface area contributed by atoms with E-state index < -0.39 is 17.7 Å². The van der Waals surface area contributed by atoms with E-state index in [4.69, 9.17) is 16.3 Å². The lowest BCUT2D eigenvalue weighted by Crippen LogP contribution is -2.40. The molecule has 1 N–H and O–H groups in total. The summed E-state index contributed by atoms with van der Waals surface area (Å²) in [4.78, 5) is 22.6. The highest BCUT2D eigenvalue weighted by Crippen LogP contribution is 2.12. The summed E-state index contributed by atoms with van der Waals surface area (Å²) in [6.45, 7) is 5.32. The summed E-state index contributed by atoms with van der Waals surface area (Å²) >= 11 is 5.80. The molecule has 1 rings (SSSR count). The predicted molar refractivity (Wildman–Crippen MR) is 79.0 cm³/mol. The summed E-state index contributed by atoms with van der Waals surface area (Å²) < 4.78 is 5.11. The third-order valence-corrected chi connectivity index (χ3v) is 2.78. The van der Waals surface area contributed by atoms with Crippen molar-refractivity contribution < 1.29 is 14.3 Å². The molecule has 0 spiro atoms. The van der Waals surface area contributed by atoms with Gasteiger partial charge in [-0.2, -0.15) is 0 Å². The largest absolute Gasteiger partial charge is 0.444 e. The predicted octanol–water partition coefficient (Wildman–Crippen LogP) is 3.36. The molecule has 0 aromatic heterocycles. The first kappa shape index (κ1) is 16.5. The normalized spacial score (nSPS) is 12.6. The Bertz CT molecular complexity index is 451. The van der Waals surface area contributed by atoms with Crippen molar-refractivity contribution in [3.05, 3.63) is 34.9 Å². The maximum Gasteiger partial charge on any atom is 0.408 e. The fraction of sp³-hybridized carbons (Fsp3) is 0.467. The van der Waals surface area contributed by atoms with Crippen LogP contribution in [0.4, 0.5) is 4.79 Å². The lowest BCUT2D eigenvalue weighted by molar-refractivity contribution is -0.109. The molecule has 5 heteroatoms. The van der Waals surface area contributed by atoms with Crippen molar-refractivity contribution >= 4 is 24.0 Å². The van der Waals surface area contributed by atoms with Crippen molar-refractivity contribution in [1.29, 1.82) is 0 Å². The minimum absolute atomic E-state index is 0.518. The monoisotopic (exact) mass is 297 g/mol. The molecule has 0 saturated carbocycles. The van der Waals surface area contributed by atoms with Crippen LogP contribution in [0.15, 0.2) is 24.3 Å². The molecular weight excluding hydrogens is 278 g/mol. The van der Waals surface area contributed by atoms with Crippen molar-refractivity contribution in [1.82, 2.24) is 5.32 Å². The molecule has 0 unspecified atom stereocenters. The second-order valence-electron chi connectivity index (χ2n) is 5.55. The molecule has 0 aliphatic heterocycles. The maximum absolute atomic E-state index is 11.6. The van der Waals surface area contributed by atoms with Gasteiger partial charge in [0, 0.05) is 5.02 Å². The van der Waals surface area contributed by atoms with Crippen LogP contribution in [0.2, 0.25) is 5.02 Å². The standard InChI is InChI=1S/C15H20ClNO3/c1-15(2,3)20-14(19)17-13(10-18)9-6-11-4-7-12(16)8-5-11/h4-5,7-8,10,13H,6,9H2,1-3H3,(H,17,19)/t13-/m0/s1. The fourth-order valence-electron chi connectivity index (χ4n) is 1.61. The van der Waals surface area contributed by atoms with E-state index in [-0.39, 0.29) is 0 Å². The number of carbonyl (C=O) groups excluding carboxylic acids is 2. The number of aldehydes is 1. The number of benzene rings is 1. The number of nitrogens with one attached hydrogen (secondary N) is 1. The Morgan fingerprint density at radius 1 is 1.35 bits per heavy atom. The smallest absolute Gasteiger partial charge is 0.408 e. The first-order valence-electron chi connectivity index (χ1n) is 6.49. The van der Waals surface area contributed by atoms with E-state index in [1.54, 1.807) is 32.9 Å². The Labute approximate surface area is 124 Å². The minimum atomic E-state index is -0.578. The molecule has 0 aliphatic rings. The molecule has 1 amide bonds. The average Bonchev–Trinajstić information content (AvgIpc) is 2.34. The molecule has 0 aliphatic carbocycles. The van der Waals surface area contributed by atoms with Gasteiger partial charge in [-0.3, -0.25) is 0 Å². The zero-order chi connectivity index (χ0) is 15.2. The lowest BCUT2D eigenvalue weighted by Gasteiger charge is -2.21. The number of carbonyl (C=O) groups is 2. The molecule has 1 aromatic carbocycles. The molecule has 0 fully saturated rings. The topological polar surface area (TPSA) is 55.4 Å². The van der Waals surface area contributed by atoms with Gasteiger partial charge in [0.2, 0.25) is 0 Å². The van der Waals surface area contributed by atoms with Crippen molar-refractivity contribution in [2.45, 2.75) is 45.3 Å². The zero-order valence-corrected chi connectivity index (χ0v) is 12.7. The third kappa shape index (κ3) is 6.57. The van der Waals surface area contributed by atoms with Gasteiger partial charge in [-0.05, 0) is 51.3 Å². The van der Waals surface area contributed by atoms with Gasteiger partial charge >= 0.3 is 6.09 Å². The zero-order valence-electron chi connectivity index (χ0n) is 12.0. The van der Waals surface area contributed by atoms with Crippen LogP contribution in [0.25, 0.3) is 0 Å². The highest BCUT2D eigenvalue weighted by Gasteiger charge is 2.19. The minimum Gasteiger partial charge on any atom is -0.444 e. The molecule has 1 aromatic rings. The molecule has 0 bridgehead atoms. The number of alkyl carbamates (subject to hydrolysis) is 1. The van der Waals surface area contributed by atoms with E-state index in [0.717, 1.165) is 11.8 Å². The first-order valence-corrected chi connectivity index (χ1v) is 6.87. The van der Waals surface area contributed by atoms with E-state index in [1.807, 2.05) is 12.1 Å². The molecule has 0 radical (unpaired) electrons. The third-order valence-electron chi connectivity index (χ3n) is 2.52. The second-order valence-corrected chi connectivity index (χ2v) is 5.99. The maximum atomic E-state index is 11.6. The van der Waals surface area contributed by atoms with E-state index in [1.165, 1.54) is 0 Å². The van der Waals surface area contributed by atoms with Crippen LogP contribution in [-0.4, -0.2) is 24.0 Å². The SMILES string of the molecule is CC(C)(C)OC(=O)N[C@H](C=O)CCc1ccc(Cl)cc1. The van der Waals surface area contributed by atoms with Crippen molar-refractivity contribution in [2.24, 2.45) is 0 Å². The average molecular weight is 298 g/mol. The quantitative estimate of drug-likeness (QED) is 0.848. The van der Waals surface area contributed by atoms with Gasteiger partial charge in [0.25, 0.3) is 0 Å². The highest BCUT2D eigenvalue weighted by atomic mass is 35.5. The summed E-state index contributed by atoms with van der Waals surface area (Å²) in [5.41, 5.74) is 0.487. The second kappa shape index (κ2) is 7.29. The van der Waals surface area contributed by atoms with Gasteiger partial charge in [0.15, 0.2) is 0 Å². The van der Waals surface area contributed by atoms with Gasteiger partial charge in [-0.25, -0.2) is 4.79 Å². The Morgan fingerprint density at radius 3 is 2.45 bits per heavy atom. The van der Waals surface area contributed by atoms with Crippen molar-refractivity contribution in [3.8, 4) is 0 Å². The van der Waals surface area contributed by atoms with Crippen LogP contribution >= 0.6 is 11.6 Å². The number of halogens is 1. The summed E-state index contributed by atoms with van der Waals surface area (Å²) in [6, 6.07) is 6.85. The van der Waals surface area contributed by atoms with Gasteiger partial charge in [0.05, 0.1) is 6.04 Å². The number of amides is 1. The van der Waals surface area contributed by atoms with Gasteiger partial charge in [0.1, 0.15) is 11.9 Å². The lowest BCUT2D eigenvalue weighted by atomic mass is 10.1. The van der Waals surface area contributed by atoms with Crippen LogP contribution in [0.5, 0.6) is 0 Å². The van der Waals surface area contributed by atoms with E-state index in [9.17, 15) is 9.59 Å². The first-order chi connectivity index (χ1) is 9.30. The molecular formula is C15H20ClNO3. The van der Waals surface area contributed by atoms with Crippen molar-refractivity contribution in [3.63, 3.8) is 0 Å². The number of hydrogen-bond acceptors (Lipinski definition) is 3. The fourth-order valence-corrected chi connectivity index (χ4v) is 1.73. The Kier molecular flexibility index (Phi) is 6.02. The Hall–Kier alpha value is -1.55. The molecule has 20 heavy (non-hydrogen) atoms. The van der Waals surface area contributed by atoms with Crippen LogP contribution < -0.4 is 5.32 Å². The van der Waals surface area contributed by atoms with Crippen LogP contribution in [-0.2, 0) is 16.0 Å². The van der Waals surface area contributed by atoms with Gasteiger partial charge < -0.3 is 14.8 Å². The molecule has 1 atom stereocenters. The summed E-state index contributed by atoms with van der Waals surface area (Å²) in [7, 11) is 0. The Balaban J connectivity index is 2.45. The summed E-state index contributed by atoms with van der Waals surface area (Å²) in [6.07, 6.45) is 1.34.